The second-order valence-corrected chi connectivity index (χ2v) is 6.04. The minimum atomic E-state index is -3.53. The zero-order valence-electron chi connectivity index (χ0n) is 9.74. The maximum Gasteiger partial charge on any atom is 0.251 e. The van der Waals surface area contributed by atoms with Crippen molar-refractivity contribution < 1.29 is 8.42 Å². The van der Waals surface area contributed by atoms with E-state index in [-0.39, 0.29) is 17.0 Å². The minimum Gasteiger partial charge on any atom is -0.300 e. The quantitative estimate of drug-likeness (QED) is 0.780. The van der Waals surface area contributed by atoms with Gasteiger partial charge in [-0.3, -0.25) is 4.79 Å². The molecule has 18 heavy (non-hydrogen) atoms. The summed E-state index contributed by atoms with van der Waals surface area (Å²) in [6.45, 7) is 0.877. The highest BCUT2D eigenvalue weighted by Crippen LogP contribution is 2.19. The highest BCUT2D eigenvalue weighted by Gasteiger charge is 2.27. The van der Waals surface area contributed by atoms with Crippen molar-refractivity contribution >= 4 is 10.0 Å². The summed E-state index contributed by atoms with van der Waals surface area (Å²) >= 11 is 0. The van der Waals surface area contributed by atoms with Crippen molar-refractivity contribution in [3.63, 3.8) is 0 Å². The van der Waals surface area contributed by atoms with E-state index in [1.165, 1.54) is 22.6 Å². The van der Waals surface area contributed by atoms with Gasteiger partial charge in [0.15, 0.2) is 0 Å². The molecule has 0 aliphatic carbocycles. The van der Waals surface area contributed by atoms with Gasteiger partial charge in [-0.15, -0.1) is 0 Å². The fourth-order valence-corrected chi connectivity index (χ4v) is 3.48. The van der Waals surface area contributed by atoms with Crippen molar-refractivity contribution in [3.8, 4) is 6.07 Å². The highest BCUT2D eigenvalue weighted by atomic mass is 32.2. The summed E-state index contributed by atoms with van der Waals surface area (Å²) in [5.74, 6) is 0. The molecule has 1 aliphatic heterocycles. The normalized spacial score (nSPS) is 16.6. The van der Waals surface area contributed by atoms with Gasteiger partial charge in [0.25, 0.3) is 5.56 Å². The van der Waals surface area contributed by atoms with Crippen LogP contribution in [0.2, 0.25) is 0 Å². The fraction of sp³-hybridized carbons (Fsp3) is 0.455. The number of aromatic nitrogens is 1. The van der Waals surface area contributed by atoms with Crippen LogP contribution in [0.25, 0.3) is 0 Å². The molecule has 0 spiro atoms. The molecule has 0 N–H and O–H groups in total. The Morgan fingerprint density at radius 2 is 1.94 bits per heavy atom. The van der Waals surface area contributed by atoms with Crippen LogP contribution in [0.4, 0.5) is 0 Å². The van der Waals surface area contributed by atoms with Crippen molar-refractivity contribution in [2.24, 2.45) is 0 Å². The second-order valence-electron chi connectivity index (χ2n) is 4.10. The van der Waals surface area contributed by atoms with Gasteiger partial charge in [-0.1, -0.05) is 0 Å². The van der Waals surface area contributed by atoms with E-state index in [2.05, 4.69) is 0 Å². The van der Waals surface area contributed by atoms with Gasteiger partial charge in [-0.05, 0) is 18.9 Å². The third kappa shape index (κ3) is 2.30. The van der Waals surface area contributed by atoms with E-state index in [4.69, 9.17) is 5.26 Å². The topological polar surface area (TPSA) is 83.2 Å². The molecule has 96 valence electrons. The number of sulfonamides is 1. The number of rotatable bonds is 3. The SMILES string of the molecule is N#CCn1cc(S(=O)(=O)N2CCCC2)ccc1=O. The summed E-state index contributed by atoms with van der Waals surface area (Å²) in [5, 5.41) is 8.58. The standard InChI is InChI=1S/C11H13N3O3S/c12-5-8-13-9-10(3-4-11(13)15)18(16,17)14-6-1-2-7-14/h3-4,9H,1-2,6-8H2. The van der Waals surface area contributed by atoms with Gasteiger partial charge >= 0.3 is 0 Å². The predicted molar refractivity (Wildman–Crippen MR) is 64.3 cm³/mol. The van der Waals surface area contributed by atoms with E-state index in [1.54, 1.807) is 0 Å². The lowest BCUT2D eigenvalue weighted by atomic mass is 10.4. The van der Waals surface area contributed by atoms with E-state index < -0.39 is 10.0 Å². The first kappa shape index (κ1) is 12.8. The first-order valence-corrected chi connectivity index (χ1v) is 7.07. The zero-order chi connectivity index (χ0) is 13.2. The van der Waals surface area contributed by atoms with Gasteiger partial charge in [-0.2, -0.15) is 9.57 Å². The molecule has 0 bridgehead atoms. The van der Waals surface area contributed by atoms with Gasteiger partial charge in [0.1, 0.15) is 6.54 Å². The second kappa shape index (κ2) is 4.92. The van der Waals surface area contributed by atoms with Crippen LogP contribution < -0.4 is 5.56 Å². The first-order valence-electron chi connectivity index (χ1n) is 5.63. The molecule has 0 atom stereocenters. The van der Waals surface area contributed by atoms with Crippen molar-refractivity contribution in [3.05, 3.63) is 28.7 Å². The lowest BCUT2D eigenvalue weighted by Crippen LogP contribution is -2.29. The summed E-state index contributed by atoms with van der Waals surface area (Å²) < 4.78 is 27.0. The van der Waals surface area contributed by atoms with E-state index >= 15 is 0 Å². The van der Waals surface area contributed by atoms with E-state index in [1.807, 2.05) is 6.07 Å². The molecule has 0 amide bonds. The predicted octanol–water partition coefficient (Wildman–Crippen LogP) is 0.156. The number of pyridine rings is 1. The maximum absolute atomic E-state index is 12.2. The Balaban J connectivity index is 2.42. The number of nitrogens with zero attached hydrogens (tertiary/aromatic N) is 3. The third-order valence-corrected chi connectivity index (χ3v) is 4.78. The minimum absolute atomic E-state index is 0.0688. The Kier molecular flexibility index (Phi) is 3.50. The highest BCUT2D eigenvalue weighted by molar-refractivity contribution is 7.89. The van der Waals surface area contributed by atoms with E-state index in [0.29, 0.717) is 13.1 Å². The maximum atomic E-state index is 12.2. The van der Waals surface area contributed by atoms with Gasteiger partial charge < -0.3 is 4.57 Å². The summed E-state index contributed by atoms with van der Waals surface area (Å²) in [7, 11) is -3.53. The van der Waals surface area contributed by atoms with E-state index in [9.17, 15) is 13.2 Å². The summed E-state index contributed by atoms with van der Waals surface area (Å²) in [4.78, 5) is 11.5. The average molecular weight is 267 g/mol. The molecule has 1 aliphatic rings. The molecular weight excluding hydrogens is 254 g/mol. The van der Waals surface area contributed by atoms with Crippen LogP contribution in [0.1, 0.15) is 12.8 Å². The largest absolute Gasteiger partial charge is 0.300 e. The molecule has 1 aromatic heterocycles. The van der Waals surface area contributed by atoms with Gasteiger partial charge in [0, 0.05) is 25.4 Å². The lowest BCUT2D eigenvalue weighted by molar-refractivity contribution is 0.476. The van der Waals surface area contributed by atoms with Crippen molar-refractivity contribution in [1.82, 2.24) is 8.87 Å². The smallest absolute Gasteiger partial charge is 0.251 e. The number of hydrogen-bond acceptors (Lipinski definition) is 4. The van der Waals surface area contributed by atoms with Crippen molar-refractivity contribution in [2.45, 2.75) is 24.3 Å². The molecule has 0 radical (unpaired) electrons. The molecule has 2 heterocycles. The van der Waals surface area contributed by atoms with Crippen molar-refractivity contribution in [2.75, 3.05) is 13.1 Å². The van der Waals surface area contributed by atoms with Gasteiger partial charge in [0.2, 0.25) is 10.0 Å². The van der Waals surface area contributed by atoms with Crippen LogP contribution in [0.15, 0.2) is 28.0 Å². The van der Waals surface area contributed by atoms with Crippen LogP contribution in [0.5, 0.6) is 0 Å². The van der Waals surface area contributed by atoms with Crippen LogP contribution in [0, 0.1) is 11.3 Å². The third-order valence-electron chi connectivity index (χ3n) is 2.90. The molecule has 2 rings (SSSR count). The summed E-state index contributed by atoms with van der Waals surface area (Å²) in [6, 6.07) is 4.30. The molecule has 1 fully saturated rings. The van der Waals surface area contributed by atoms with E-state index in [0.717, 1.165) is 17.4 Å². The Labute approximate surface area is 105 Å². The average Bonchev–Trinajstić information content (AvgIpc) is 2.86. The molecule has 1 aromatic rings. The zero-order valence-corrected chi connectivity index (χ0v) is 10.6. The Morgan fingerprint density at radius 1 is 1.28 bits per heavy atom. The Morgan fingerprint density at radius 3 is 2.56 bits per heavy atom. The van der Waals surface area contributed by atoms with Crippen molar-refractivity contribution in [1.29, 1.82) is 5.26 Å². The number of hydrogen-bond donors (Lipinski definition) is 0. The molecule has 0 saturated carbocycles. The molecule has 0 aromatic carbocycles. The lowest BCUT2D eigenvalue weighted by Gasteiger charge is -2.15. The van der Waals surface area contributed by atoms with Crippen LogP contribution in [-0.2, 0) is 16.6 Å². The van der Waals surface area contributed by atoms with Crippen LogP contribution >= 0.6 is 0 Å². The van der Waals surface area contributed by atoms with Gasteiger partial charge in [-0.25, -0.2) is 8.42 Å². The van der Waals surface area contributed by atoms with Crippen LogP contribution in [-0.4, -0.2) is 30.4 Å². The first-order chi connectivity index (χ1) is 8.55. The molecule has 1 saturated heterocycles. The molecule has 7 heteroatoms. The number of nitriles is 1. The summed E-state index contributed by atoms with van der Waals surface area (Å²) in [6.07, 6.45) is 2.95. The van der Waals surface area contributed by atoms with Crippen LogP contribution in [0.3, 0.4) is 0 Å². The summed E-state index contributed by atoms with van der Waals surface area (Å²) in [5.41, 5.74) is -0.378. The molecule has 6 nitrogen and oxygen atoms in total. The Hall–Kier alpha value is -1.65. The van der Waals surface area contributed by atoms with Gasteiger partial charge in [0.05, 0.1) is 11.0 Å². The monoisotopic (exact) mass is 267 g/mol. The fourth-order valence-electron chi connectivity index (χ4n) is 1.94. The molecule has 0 unspecified atom stereocenters. The molecular formula is C11H13N3O3S. The Bertz CT molecular complexity index is 636.